The van der Waals surface area contributed by atoms with E-state index in [0.29, 0.717) is 23.6 Å². The molecule has 0 bridgehead atoms. The molecular formula is C19H25N3O4. The third-order valence-corrected chi connectivity index (χ3v) is 4.66. The number of esters is 1. The second kappa shape index (κ2) is 8.23. The molecule has 0 aromatic heterocycles. The first-order valence-corrected chi connectivity index (χ1v) is 8.96. The number of amides is 2. The molecule has 26 heavy (non-hydrogen) atoms. The number of carbonyl (C=O) groups is 2. The molecule has 1 saturated heterocycles. The normalized spacial score (nSPS) is 20.5. The van der Waals surface area contributed by atoms with Gasteiger partial charge < -0.3 is 20.1 Å². The van der Waals surface area contributed by atoms with E-state index in [1.807, 2.05) is 24.3 Å². The van der Waals surface area contributed by atoms with Crippen molar-refractivity contribution in [3.8, 4) is 5.75 Å². The highest BCUT2D eigenvalue weighted by molar-refractivity contribution is 5.95. The SMILES string of the molecule is CCOC(=O)C1=C(CN2CCCC2)NC(=O)N[C@@H]1c1cccc(OC)c1. The quantitative estimate of drug-likeness (QED) is 0.759. The van der Waals surface area contributed by atoms with Crippen molar-refractivity contribution in [3.63, 3.8) is 0 Å². The van der Waals surface area contributed by atoms with Crippen LogP contribution in [-0.4, -0.2) is 50.3 Å². The average molecular weight is 359 g/mol. The Bertz CT molecular complexity index is 710. The molecular weight excluding hydrogens is 334 g/mol. The molecule has 1 aromatic carbocycles. The van der Waals surface area contributed by atoms with Crippen LogP contribution >= 0.6 is 0 Å². The van der Waals surface area contributed by atoms with Crippen LogP contribution < -0.4 is 15.4 Å². The Kier molecular flexibility index (Phi) is 5.78. The van der Waals surface area contributed by atoms with Gasteiger partial charge >= 0.3 is 12.0 Å². The summed E-state index contributed by atoms with van der Waals surface area (Å²) in [5, 5.41) is 5.66. The van der Waals surface area contributed by atoms with Gasteiger partial charge in [0.25, 0.3) is 0 Å². The Morgan fingerprint density at radius 1 is 1.31 bits per heavy atom. The molecule has 1 atom stereocenters. The Balaban J connectivity index is 2.00. The van der Waals surface area contributed by atoms with Crippen molar-refractivity contribution in [2.75, 3.05) is 33.4 Å². The van der Waals surface area contributed by atoms with Gasteiger partial charge in [-0.25, -0.2) is 9.59 Å². The molecule has 0 spiro atoms. The highest BCUT2D eigenvalue weighted by Crippen LogP contribution is 2.30. The number of hydrogen-bond acceptors (Lipinski definition) is 5. The van der Waals surface area contributed by atoms with E-state index in [4.69, 9.17) is 9.47 Å². The number of likely N-dealkylation sites (tertiary alicyclic amines) is 1. The van der Waals surface area contributed by atoms with Crippen LogP contribution in [0.2, 0.25) is 0 Å². The summed E-state index contributed by atoms with van der Waals surface area (Å²) in [5.74, 6) is 0.251. The minimum absolute atomic E-state index is 0.276. The van der Waals surface area contributed by atoms with Crippen LogP contribution in [0, 0.1) is 0 Å². The molecule has 7 nitrogen and oxygen atoms in total. The number of nitrogens with one attached hydrogen (secondary N) is 2. The number of benzene rings is 1. The summed E-state index contributed by atoms with van der Waals surface area (Å²) in [7, 11) is 1.58. The van der Waals surface area contributed by atoms with Crippen molar-refractivity contribution in [1.29, 1.82) is 0 Å². The van der Waals surface area contributed by atoms with Crippen molar-refractivity contribution in [2.45, 2.75) is 25.8 Å². The van der Waals surface area contributed by atoms with Gasteiger partial charge in [0.15, 0.2) is 0 Å². The zero-order valence-electron chi connectivity index (χ0n) is 15.2. The highest BCUT2D eigenvalue weighted by atomic mass is 16.5. The summed E-state index contributed by atoms with van der Waals surface area (Å²) in [6.07, 6.45) is 2.26. The maximum atomic E-state index is 12.7. The van der Waals surface area contributed by atoms with Crippen LogP contribution in [-0.2, 0) is 9.53 Å². The molecule has 0 unspecified atom stereocenters. The van der Waals surface area contributed by atoms with Crippen molar-refractivity contribution in [2.24, 2.45) is 0 Å². The predicted octanol–water partition coefficient (Wildman–Crippen LogP) is 1.96. The predicted molar refractivity (Wildman–Crippen MR) is 96.7 cm³/mol. The fraction of sp³-hybridized carbons (Fsp3) is 0.474. The van der Waals surface area contributed by atoms with E-state index in [0.717, 1.165) is 31.5 Å². The summed E-state index contributed by atoms with van der Waals surface area (Å²) in [6.45, 7) is 4.51. The van der Waals surface area contributed by atoms with E-state index in [1.54, 1.807) is 14.0 Å². The molecule has 0 saturated carbocycles. The first-order chi connectivity index (χ1) is 12.6. The Labute approximate surface area is 153 Å². The number of carbonyl (C=O) groups excluding carboxylic acids is 2. The number of hydrogen-bond donors (Lipinski definition) is 2. The van der Waals surface area contributed by atoms with Crippen LogP contribution in [0.5, 0.6) is 5.75 Å². The van der Waals surface area contributed by atoms with E-state index >= 15 is 0 Å². The van der Waals surface area contributed by atoms with Gasteiger partial charge in [0.05, 0.1) is 25.3 Å². The molecule has 0 radical (unpaired) electrons. The van der Waals surface area contributed by atoms with E-state index in [1.165, 1.54) is 0 Å². The van der Waals surface area contributed by atoms with Crippen LogP contribution in [0.15, 0.2) is 35.5 Å². The fourth-order valence-electron chi connectivity index (χ4n) is 3.43. The maximum absolute atomic E-state index is 12.7. The minimum Gasteiger partial charge on any atom is -0.497 e. The zero-order valence-corrected chi connectivity index (χ0v) is 15.2. The maximum Gasteiger partial charge on any atom is 0.338 e. The highest BCUT2D eigenvalue weighted by Gasteiger charge is 2.34. The number of nitrogens with zero attached hydrogens (tertiary/aromatic N) is 1. The largest absolute Gasteiger partial charge is 0.497 e. The molecule has 1 aromatic rings. The lowest BCUT2D eigenvalue weighted by Gasteiger charge is -2.31. The Hall–Kier alpha value is -2.54. The number of methoxy groups -OCH3 is 1. The Morgan fingerprint density at radius 2 is 2.08 bits per heavy atom. The van der Waals surface area contributed by atoms with Crippen LogP contribution in [0.4, 0.5) is 4.79 Å². The van der Waals surface area contributed by atoms with Gasteiger partial charge in [-0.3, -0.25) is 4.90 Å². The third-order valence-electron chi connectivity index (χ3n) is 4.66. The Morgan fingerprint density at radius 3 is 2.77 bits per heavy atom. The lowest BCUT2D eigenvalue weighted by molar-refractivity contribution is -0.139. The van der Waals surface area contributed by atoms with Gasteiger partial charge in [-0.15, -0.1) is 0 Å². The summed E-state index contributed by atoms with van der Waals surface area (Å²) in [4.78, 5) is 27.2. The van der Waals surface area contributed by atoms with Gasteiger partial charge in [-0.1, -0.05) is 12.1 Å². The molecule has 1 fully saturated rings. The molecule has 2 aliphatic rings. The first-order valence-electron chi connectivity index (χ1n) is 8.96. The van der Waals surface area contributed by atoms with Gasteiger partial charge in [0.2, 0.25) is 0 Å². The molecule has 2 N–H and O–H groups in total. The monoisotopic (exact) mass is 359 g/mol. The smallest absolute Gasteiger partial charge is 0.338 e. The second-order valence-electron chi connectivity index (χ2n) is 6.40. The molecule has 3 rings (SSSR count). The summed E-state index contributed by atoms with van der Waals surface area (Å²) < 4.78 is 10.6. The number of urea groups is 1. The van der Waals surface area contributed by atoms with Crippen molar-refractivity contribution < 1.29 is 19.1 Å². The van der Waals surface area contributed by atoms with Crippen molar-refractivity contribution in [1.82, 2.24) is 15.5 Å². The topological polar surface area (TPSA) is 79.9 Å². The molecule has 0 aliphatic carbocycles. The van der Waals surface area contributed by atoms with Crippen LogP contribution in [0.3, 0.4) is 0 Å². The lowest BCUT2D eigenvalue weighted by Crippen LogP contribution is -2.48. The first kappa shape index (κ1) is 18.3. The molecule has 2 aliphatic heterocycles. The van der Waals surface area contributed by atoms with Gasteiger partial charge in [-0.2, -0.15) is 0 Å². The fourth-order valence-corrected chi connectivity index (χ4v) is 3.43. The lowest BCUT2D eigenvalue weighted by atomic mass is 9.94. The van der Waals surface area contributed by atoms with Gasteiger partial charge in [0, 0.05) is 12.2 Å². The number of ether oxygens (including phenoxy) is 2. The molecule has 2 amide bonds. The second-order valence-corrected chi connectivity index (χ2v) is 6.40. The minimum atomic E-state index is -0.574. The van der Waals surface area contributed by atoms with E-state index in [-0.39, 0.29) is 12.6 Å². The van der Waals surface area contributed by atoms with Crippen molar-refractivity contribution in [3.05, 3.63) is 41.1 Å². The third kappa shape index (κ3) is 3.99. The average Bonchev–Trinajstić information content (AvgIpc) is 3.14. The van der Waals surface area contributed by atoms with Gasteiger partial charge in [0.1, 0.15) is 5.75 Å². The molecule has 2 heterocycles. The van der Waals surface area contributed by atoms with Crippen LogP contribution in [0.1, 0.15) is 31.4 Å². The standard InChI is InChI=1S/C19H25N3O4/c1-3-26-18(23)16-15(12-22-9-4-5-10-22)20-19(24)21-17(16)13-7-6-8-14(11-13)25-2/h6-8,11,17H,3-5,9-10,12H2,1-2H3,(H2,20,21,24)/t17-/m1/s1. The number of rotatable bonds is 6. The summed E-state index contributed by atoms with van der Waals surface area (Å²) in [5.41, 5.74) is 1.84. The zero-order chi connectivity index (χ0) is 18.5. The van der Waals surface area contributed by atoms with Gasteiger partial charge in [-0.05, 0) is 50.6 Å². The summed E-state index contributed by atoms with van der Waals surface area (Å²) in [6, 6.07) is 6.46. The molecule has 7 heteroatoms. The van der Waals surface area contributed by atoms with Crippen LogP contribution in [0.25, 0.3) is 0 Å². The summed E-state index contributed by atoms with van der Waals surface area (Å²) >= 11 is 0. The van der Waals surface area contributed by atoms with Crippen molar-refractivity contribution >= 4 is 12.0 Å². The molecule has 140 valence electrons. The van der Waals surface area contributed by atoms with E-state index < -0.39 is 12.0 Å². The van der Waals surface area contributed by atoms with E-state index in [9.17, 15) is 9.59 Å². The van der Waals surface area contributed by atoms with E-state index in [2.05, 4.69) is 15.5 Å².